The van der Waals surface area contributed by atoms with Gasteiger partial charge >= 0.3 is 0 Å². The van der Waals surface area contributed by atoms with Crippen LogP contribution in [0.25, 0.3) is 0 Å². The number of thiazole rings is 1. The number of hydrogen-bond acceptors (Lipinski definition) is 4. The lowest BCUT2D eigenvalue weighted by Gasteiger charge is -2.31. The predicted octanol–water partition coefficient (Wildman–Crippen LogP) is 1.03. The first kappa shape index (κ1) is 9.12. The van der Waals surface area contributed by atoms with Crippen molar-refractivity contribution in [3.8, 4) is 0 Å². The predicted molar refractivity (Wildman–Crippen MR) is 55.1 cm³/mol. The number of likely N-dealkylation sites (N-methyl/N-ethyl adjacent to an activating group) is 1. The van der Waals surface area contributed by atoms with Crippen LogP contribution in [0.4, 0.5) is 0 Å². The maximum Gasteiger partial charge on any atom is 0.0898 e. The highest BCUT2D eigenvalue weighted by Gasteiger charge is 2.21. The maximum absolute atomic E-state index is 4.52. The van der Waals surface area contributed by atoms with Crippen molar-refractivity contribution >= 4 is 11.3 Å². The van der Waals surface area contributed by atoms with E-state index in [2.05, 4.69) is 34.6 Å². The van der Waals surface area contributed by atoms with Crippen molar-refractivity contribution in [1.82, 2.24) is 15.2 Å². The van der Waals surface area contributed by atoms with E-state index in [-0.39, 0.29) is 0 Å². The molecule has 3 nitrogen and oxygen atoms in total. The van der Waals surface area contributed by atoms with Crippen LogP contribution in [0.1, 0.15) is 16.7 Å². The van der Waals surface area contributed by atoms with Gasteiger partial charge in [0.25, 0.3) is 0 Å². The number of aromatic nitrogens is 1. The van der Waals surface area contributed by atoms with Gasteiger partial charge in [-0.25, -0.2) is 4.98 Å². The van der Waals surface area contributed by atoms with Crippen LogP contribution < -0.4 is 5.32 Å². The molecule has 1 fully saturated rings. The number of piperazine rings is 1. The molecule has 0 radical (unpaired) electrons. The third-order valence-corrected chi connectivity index (χ3v) is 3.28. The number of aryl methyl sites for hydroxylation is 1. The third-order valence-electron chi connectivity index (χ3n) is 2.49. The molecule has 1 aromatic heterocycles. The van der Waals surface area contributed by atoms with Gasteiger partial charge in [0.1, 0.15) is 0 Å². The second kappa shape index (κ2) is 3.74. The van der Waals surface area contributed by atoms with E-state index < -0.39 is 0 Å². The Morgan fingerprint density at radius 3 is 3.15 bits per heavy atom. The Balaban J connectivity index is 2.14. The average molecular weight is 197 g/mol. The Morgan fingerprint density at radius 2 is 2.54 bits per heavy atom. The molecule has 1 aliphatic rings. The first-order valence-corrected chi connectivity index (χ1v) is 5.48. The summed E-state index contributed by atoms with van der Waals surface area (Å²) in [7, 11) is 2.17. The molecule has 1 unspecified atom stereocenters. The second-order valence-corrected chi connectivity index (χ2v) is 4.55. The zero-order chi connectivity index (χ0) is 9.26. The van der Waals surface area contributed by atoms with Crippen molar-refractivity contribution in [3.05, 3.63) is 16.1 Å². The molecule has 1 N–H and O–H groups in total. The summed E-state index contributed by atoms with van der Waals surface area (Å²) in [4.78, 5) is 6.89. The van der Waals surface area contributed by atoms with E-state index in [9.17, 15) is 0 Å². The number of rotatable bonds is 1. The van der Waals surface area contributed by atoms with Crippen LogP contribution in [-0.2, 0) is 0 Å². The lowest BCUT2D eigenvalue weighted by molar-refractivity contribution is 0.199. The Kier molecular flexibility index (Phi) is 2.62. The highest BCUT2D eigenvalue weighted by molar-refractivity contribution is 7.09. The molecule has 4 heteroatoms. The quantitative estimate of drug-likeness (QED) is 0.729. The fourth-order valence-electron chi connectivity index (χ4n) is 1.67. The van der Waals surface area contributed by atoms with E-state index in [0.717, 1.165) is 24.6 Å². The summed E-state index contributed by atoms with van der Waals surface area (Å²) in [6, 6.07) is 0.471. The van der Waals surface area contributed by atoms with Gasteiger partial charge in [-0.3, -0.25) is 4.90 Å². The van der Waals surface area contributed by atoms with Crippen molar-refractivity contribution in [2.75, 3.05) is 26.7 Å². The van der Waals surface area contributed by atoms with Gasteiger partial charge in [-0.2, -0.15) is 0 Å². The van der Waals surface area contributed by atoms with E-state index >= 15 is 0 Å². The Labute approximate surface area is 82.8 Å². The van der Waals surface area contributed by atoms with Gasteiger partial charge in [0.2, 0.25) is 0 Å². The molecule has 0 amide bonds. The highest BCUT2D eigenvalue weighted by atomic mass is 32.1. The van der Waals surface area contributed by atoms with Crippen molar-refractivity contribution < 1.29 is 0 Å². The fraction of sp³-hybridized carbons (Fsp3) is 0.667. The summed E-state index contributed by atoms with van der Waals surface area (Å²) in [5.41, 5.74) is 1.22. The lowest BCUT2D eigenvalue weighted by Crippen LogP contribution is -2.43. The van der Waals surface area contributed by atoms with E-state index in [0.29, 0.717) is 6.04 Å². The third kappa shape index (κ3) is 1.90. The Morgan fingerprint density at radius 1 is 1.69 bits per heavy atom. The summed E-state index contributed by atoms with van der Waals surface area (Å²) >= 11 is 1.73. The van der Waals surface area contributed by atoms with Gasteiger partial charge in [0.05, 0.1) is 16.7 Å². The van der Waals surface area contributed by atoms with Crippen LogP contribution >= 0.6 is 11.3 Å². The molecule has 1 aliphatic heterocycles. The van der Waals surface area contributed by atoms with Gasteiger partial charge in [-0.1, -0.05) is 0 Å². The maximum atomic E-state index is 4.52. The molecule has 0 aliphatic carbocycles. The summed E-state index contributed by atoms with van der Waals surface area (Å²) < 4.78 is 0. The molecule has 0 saturated carbocycles. The van der Waals surface area contributed by atoms with Crippen molar-refractivity contribution in [2.24, 2.45) is 0 Å². The number of nitrogens with one attached hydrogen (secondary N) is 1. The first-order valence-electron chi connectivity index (χ1n) is 4.60. The molecule has 1 atom stereocenters. The Hall–Kier alpha value is -0.450. The van der Waals surface area contributed by atoms with Gasteiger partial charge in [-0.05, 0) is 14.0 Å². The van der Waals surface area contributed by atoms with Gasteiger partial charge in [-0.15, -0.1) is 11.3 Å². The zero-order valence-corrected chi connectivity index (χ0v) is 8.90. The topological polar surface area (TPSA) is 28.2 Å². The smallest absolute Gasteiger partial charge is 0.0898 e. The molecule has 13 heavy (non-hydrogen) atoms. The molecule has 72 valence electrons. The molecule has 1 aromatic rings. The zero-order valence-electron chi connectivity index (χ0n) is 8.08. The summed E-state index contributed by atoms with van der Waals surface area (Å²) in [5.74, 6) is 0. The van der Waals surface area contributed by atoms with Gasteiger partial charge in [0, 0.05) is 25.0 Å². The minimum absolute atomic E-state index is 0.471. The van der Waals surface area contributed by atoms with E-state index in [1.807, 2.05) is 0 Å². The number of hydrogen-bond donors (Lipinski definition) is 1. The van der Waals surface area contributed by atoms with Gasteiger partial charge < -0.3 is 5.32 Å². The SMILES string of the molecule is Cc1nc(C2CNCCN2C)cs1. The normalized spacial score (nSPS) is 24.9. The van der Waals surface area contributed by atoms with Crippen molar-refractivity contribution in [3.63, 3.8) is 0 Å². The molecule has 1 saturated heterocycles. The molecule has 0 spiro atoms. The Bertz CT molecular complexity index is 284. The first-order chi connectivity index (χ1) is 6.27. The van der Waals surface area contributed by atoms with Crippen LogP contribution in [0.5, 0.6) is 0 Å². The minimum atomic E-state index is 0.471. The van der Waals surface area contributed by atoms with Crippen LogP contribution in [-0.4, -0.2) is 36.6 Å². The van der Waals surface area contributed by atoms with Crippen LogP contribution in [0.15, 0.2) is 5.38 Å². The highest BCUT2D eigenvalue weighted by Crippen LogP contribution is 2.21. The number of nitrogens with zero attached hydrogens (tertiary/aromatic N) is 2. The summed E-state index contributed by atoms with van der Waals surface area (Å²) in [6.45, 7) is 5.29. The molecule has 2 heterocycles. The molecule has 2 rings (SSSR count). The van der Waals surface area contributed by atoms with E-state index in [1.165, 1.54) is 5.69 Å². The molecular formula is C9H15N3S. The standard InChI is InChI=1S/C9H15N3S/c1-7-11-8(6-13-7)9-5-10-3-4-12(9)2/h6,9-10H,3-5H2,1-2H3. The van der Waals surface area contributed by atoms with Crippen LogP contribution in [0.3, 0.4) is 0 Å². The van der Waals surface area contributed by atoms with Crippen LogP contribution in [0.2, 0.25) is 0 Å². The second-order valence-electron chi connectivity index (χ2n) is 3.49. The van der Waals surface area contributed by atoms with E-state index in [1.54, 1.807) is 11.3 Å². The largest absolute Gasteiger partial charge is 0.313 e. The minimum Gasteiger partial charge on any atom is -0.313 e. The van der Waals surface area contributed by atoms with Crippen LogP contribution in [0, 0.1) is 6.92 Å². The van der Waals surface area contributed by atoms with E-state index in [4.69, 9.17) is 0 Å². The summed E-state index contributed by atoms with van der Waals surface area (Å²) in [6.07, 6.45) is 0. The molecule has 0 aromatic carbocycles. The van der Waals surface area contributed by atoms with Crippen molar-refractivity contribution in [1.29, 1.82) is 0 Å². The lowest BCUT2D eigenvalue weighted by atomic mass is 10.1. The van der Waals surface area contributed by atoms with Crippen molar-refractivity contribution in [2.45, 2.75) is 13.0 Å². The monoisotopic (exact) mass is 197 g/mol. The molecule has 0 bridgehead atoms. The fourth-order valence-corrected chi connectivity index (χ4v) is 2.33. The molecular weight excluding hydrogens is 182 g/mol. The summed E-state index contributed by atoms with van der Waals surface area (Å²) in [5, 5.41) is 6.73. The van der Waals surface area contributed by atoms with Gasteiger partial charge in [0.15, 0.2) is 0 Å². The average Bonchev–Trinajstić information content (AvgIpc) is 2.53.